The maximum atomic E-state index is 12.3. The van der Waals surface area contributed by atoms with E-state index in [1.54, 1.807) is 0 Å². The monoisotopic (exact) mass is 262 g/mol. The van der Waals surface area contributed by atoms with Crippen molar-refractivity contribution in [3.05, 3.63) is 24.0 Å². The molecule has 19 heavy (non-hydrogen) atoms. The van der Waals surface area contributed by atoms with Gasteiger partial charge in [-0.2, -0.15) is 0 Å². The molecule has 3 rings (SSSR count). The number of hydrogen-bond acceptors (Lipinski definition) is 2. The van der Waals surface area contributed by atoms with Crippen LogP contribution >= 0.6 is 0 Å². The van der Waals surface area contributed by atoms with Crippen molar-refractivity contribution in [1.82, 2.24) is 9.47 Å². The molecule has 102 valence electrons. The van der Waals surface area contributed by atoms with Gasteiger partial charge in [-0.1, -0.05) is 0 Å². The lowest BCUT2D eigenvalue weighted by Gasteiger charge is -2.32. The van der Waals surface area contributed by atoms with Crippen molar-refractivity contribution in [1.29, 1.82) is 0 Å². The van der Waals surface area contributed by atoms with Crippen LogP contribution in [0.4, 0.5) is 0 Å². The van der Waals surface area contributed by atoms with E-state index in [-0.39, 0.29) is 17.2 Å². The van der Waals surface area contributed by atoms with Crippen LogP contribution in [0.15, 0.2) is 18.3 Å². The summed E-state index contributed by atoms with van der Waals surface area (Å²) in [6.07, 6.45) is 4.29. The van der Waals surface area contributed by atoms with Gasteiger partial charge in [-0.15, -0.1) is 0 Å². The van der Waals surface area contributed by atoms with Crippen molar-refractivity contribution in [2.75, 3.05) is 13.1 Å². The van der Waals surface area contributed by atoms with Gasteiger partial charge in [0, 0.05) is 26.3 Å². The maximum Gasteiger partial charge on any atom is 0.307 e. The Bertz CT molecular complexity index is 527. The van der Waals surface area contributed by atoms with Crippen LogP contribution in [-0.4, -0.2) is 39.5 Å². The molecule has 5 nitrogen and oxygen atoms in total. The van der Waals surface area contributed by atoms with Crippen LogP contribution in [0.3, 0.4) is 0 Å². The van der Waals surface area contributed by atoms with Gasteiger partial charge in [0.2, 0.25) is 0 Å². The number of aliphatic carboxylic acids is 1. The molecule has 1 atom stereocenters. The average molecular weight is 262 g/mol. The normalized spacial score (nSPS) is 24.5. The number of amides is 1. The van der Waals surface area contributed by atoms with E-state index >= 15 is 0 Å². The number of aryl methyl sites for hydroxylation is 1. The molecule has 1 unspecified atom stereocenters. The highest BCUT2D eigenvalue weighted by Crippen LogP contribution is 2.59. The van der Waals surface area contributed by atoms with E-state index in [1.165, 1.54) is 0 Å². The van der Waals surface area contributed by atoms with Gasteiger partial charge in [0.1, 0.15) is 5.69 Å². The SMILES string of the molecule is Cn1cccc1C(=O)N1CCC2(CC1)CC2C(=O)O. The molecule has 0 bridgehead atoms. The molecule has 1 spiro atoms. The first-order valence-electron chi connectivity index (χ1n) is 6.67. The summed E-state index contributed by atoms with van der Waals surface area (Å²) < 4.78 is 1.82. The Morgan fingerprint density at radius 2 is 2.05 bits per heavy atom. The third kappa shape index (κ3) is 1.93. The molecule has 1 saturated heterocycles. The predicted octanol–water partition coefficient (Wildman–Crippen LogP) is 1.35. The maximum absolute atomic E-state index is 12.3. The number of carboxylic acid groups (broad SMARTS) is 1. The molecular formula is C14H18N2O3. The molecule has 0 radical (unpaired) electrons. The minimum absolute atomic E-state index is 0.0170. The van der Waals surface area contributed by atoms with Gasteiger partial charge < -0.3 is 14.6 Å². The summed E-state index contributed by atoms with van der Waals surface area (Å²) in [7, 11) is 1.86. The summed E-state index contributed by atoms with van der Waals surface area (Å²) in [5, 5.41) is 9.05. The Hall–Kier alpha value is -1.78. The lowest BCUT2D eigenvalue weighted by atomic mass is 9.90. The quantitative estimate of drug-likeness (QED) is 0.875. The van der Waals surface area contributed by atoms with E-state index in [4.69, 9.17) is 5.11 Å². The molecule has 2 heterocycles. The van der Waals surface area contributed by atoms with Crippen LogP contribution in [0, 0.1) is 11.3 Å². The number of carbonyl (C=O) groups is 2. The summed E-state index contributed by atoms with van der Waals surface area (Å²) >= 11 is 0. The zero-order chi connectivity index (χ0) is 13.6. The fourth-order valence-electron chi connectivity index (χ4n) is 3.25. The Labute approximate surface area is 111 Å². The zero-order valence-corrected chi connectivity index (χ0v) is 11.0. The van der Waals surface area contributed by atoms with Crippen molar-refractivity contribution in [2.45, 2.75) is 19.3 Å². The van der Waals surface area contributed by atoms with Crippen LogP contribution in [0.2, 0.25) is 0 Å². The molecule has 1 aromatic heterocycles. The highest BCUT2D eigenvalue weighted by atomic mass is 16.4. The van der Waals surface area contributed by atoms with Crippen molar-refractivity contribution in [3.8, 4) is 0 Å². The summed E-state index contributed by atoms with van der Waals surface area (Å²) in [4.78, 5) is 25.2. The Balaban J connectivity index is 1.64. The van der Waals surface area contributed by atoms with Gasteiger partial charge in [-0.3, -0.25) is 9.59 Å². The summed E-state index contributed by atoms with van der Waals surface area (Å²) in [5.41, 5.74) is 0.679. The second kappa shape index (κ2) is 4.11. The van der Waals surface area contributed by atoms with Gasteiger partial charge in [0.15, 0.2) is 0 Å². The Morgan fingerprint density at radius 3 is 2.53 bits per heavy atom. The zero-order valence-electron chi connectivity index (χ0n) is 11.0. The molecule has 1 saturated carbocycles. The first-order valence-corrected chi connectivity index (χ1v) is 6.67. The number of likely N-dealkylation sites (tertiary alicyclic amines) is 1. The van der Waals surface area contributed by atoms with Crippen LogP contribution in [-0.2, 0) is 11.8 Å². The third-order valence-corrected chi connectivity index (χ3v) is 4.70. The first-order chi connectivity index (χ1) is 9.03. The number of rotatable bonds is 2. The van der Waals surface area contributed by atoms with Crippen LogP contribution in [0.5, 0.6) is 0 Å². The van der Waals surface area contributed by atoms with Crippen LogP contribution in [0.1, 0.15) is 29.8 Å². The van der Waals surface area contributed by atoms with Crippen LogP contribution in [0.25, 0.3) is 0 Å². The van der Waals surface area contributed by atoms with E-state index in [1.807, 2.05) is 34.8 Å². The van der Waals surface area contributed by atoms with Crippen molar-refractivity contribution in [3.63, 3.8) is 0 Å². The van der Waals surface area contributed by atoms with Gasteiger partial charge in [0.05, 0.1) is 5.92 Å². The topological polar surface area (TPSA) is 62.5 Å². The van der Waals surface area contributed by atoms with Gasteiger partial charge in [-0.05, 0) is 36.8 Å². The number of nitrogens with zero attached hydrogens (tertiary/aromatic N) is 2. The van der Waals surface area contributed by atoms with Crippen molar-refractivity contribution < 1.29 is 14.7 Å². The lowest BCUT2D eigenvalue weighted by molar-refractivity contribution is -0.139. The number of hydrogen-bond donors (Lipinski definition) is 1. The summed E-state index contributed by atoms with van der Waals surface area (Å²) in [6.45, 7) is 1.35. The van der Waals surface area contributed by atoms with Gasteiger partial charge in [-0.25, -0.2) is 0 Å². The molecular weight excluding hydrogens is 244 g/mol. The highest BCUT2D eigenvalue weighted by Gasteiger charge is 2.59. The number of piperidine rings is 1. The summed E-state index contributed by atoms with van der Waals surface area (Å²) in [5.74, 6) is -0.808. The van der Waals surface area contributed by atoms with E-state index in [0.717, 1.165) is 19.3 Å². The first kappa shape index (κ1) is 12.3. The highest BCUT2D eigenvalue weighted by molar-refractivity contribution is 5.92. The second-order valence-corrected chi connectivity index (χ2v) is 5.75. The molecule has 1 aliphatic heterocycles. The molecule has 5 heteroatoms. The molecule has 1 N–H and O–H groups in total. The molecule has 1 aliphatic carbocycles. The van der Waals surface area contributed by atoms with Crippen molar-refractivity contribution >= 4 is 11.9 Å². The minimum atomic E-state index is -0.679. The Morgan fingerprint density at radius 1 is 1.37 bits per heavy atom. The third-order valence-electron chi connectivity index (χ3n) is 4.70. The van der Waals surface area contributed by atoms with E-state index < -0.39 is 5.97 Å². The number of carbonyl (C=O) groups excluding carboxylic acids is 1. The van der Waals surface area contributed by atoms with Gasteiger partial charge in [0.25, 0.3) is 5.91 Å². The Kier molecular flexibility index (Phi) is 2.66. The standard InChI is InChI=1S/C14H18N2O3/c1-15-6-2-3-11(15)12(17)16-7-4-14(5-8-16)9-10(14)13(18)19/h2-3,6,10H,4-5,7-9H2,1H3,(H,18,19). The predicted molar refractivity (Wildman–Crippen MR) is 68.7 cm³/mol. The number of carboxylic acids is 1. The van der Waals surface area contributed by atoms with Gasteiger partial charge >= 0.3 is 5.97 Å². The van der Waals surface area contributed by atoms with E-state index in [2.05, 4.69) is 0 Å². The molecule has 1 amide bonds. The smallest absolute Gasteiger partial charge is 0.307 e. The minimum Gasteiger partial charge on any atom is -0.481 e. The fourth-order valence-corrected chi connectivity index (χ4v) is 3.25. The number of aromatic nitrogens is 1. The average Bonchev–Trinajstić information content (AvgIpc) is 2.92. The van der Waals surface area contributed by atoms with Crippen LogP contribution < -0.4 is 0 Å². The van der Waals surface area contributed by atoms with Crippen molar-refractivity contribution in [2.24, 2.45) is 18.4 Å². The second-order valence-electron chi connectivity index (χ2n) is 5.75. The molecule has 1 aromatic rings. The summed E-state index contributed by atoms with van der Waals surface area (Å²) in [6, 6.07) is 3.68. The molecule has 2 fully saturated rings. The largest absolute Gasteiger partial charge is 0.481 e. The van der Waals surface area contributed by atoms with E-state index in [9.17, 15) is 9.59 Å². The van der Waals surface area contributed by atoms with E-state index in [0.29, 0.717) is 18.8 Å². The molecule has 0 aromatic carbocycles. The fraction of sp³-hybridized carbons (Fsp3) is 0.571. The lowest BCUT2D eigenvalue weighted by Crippen LogP contribution is -2.40. The molecule has 2 aliphatic rings.